The number of benzene rings is 1. The van der Waals surface area contributed by atoms with E-state index in [1.54, 1.807) is 18.4 Å². The first-order chi connectivity index (χ1) is 10.2. The minimum atomic E-state index is 0.724. The third-order valence-electron chi connectivity index (χ3n) is 3.22. The van der Waals surface area contributed by atoms with E-state index in [1.807, 2.05) is 0 Å². The van der Waals surface area contributed by atoms with Gasteiger partial charge < -0.3 is 15.0 Å². The fourth-order valence-electron chi connectivity index (χ4n) is 2.05. The highest BCUT2D eigenvalue weighted by molar-refractivity contribution is 7.13. The van der Waals surface area contributed by atoms with Crippen LogP contribution in [-0.2, 0) is 11.3 Å². The van der Waals surface area contributed by atoms with Crippen molar-refractivity contribution in [3.05, 3.63) is 40.9 Å². The molecular formula is C16H23N3OS. The average molecular weight is 305 g/mol. The number of aromatic nitrogens is 1. The number of aryl methyl sites for hydroxylation is 1. The number of ether oxygens (including phenoxy) is 1. The van der Waals surface area contributed by atoms with Gasteiger partial charge in [-0.3, -0.25) is 0 Å². The molecule has 0 saturated heterocycles. The van der Waals surface area contributed by atoms with Crippen molar-refractivity contribution in [1.29, 1.82) is 0 Å². The topological polar surface area (TPSA) is 37.4 Å². The lowest BCUT2D eigenvalue weighted by Crippen LogP contribution is -2.19. The van der Waals surface area contributed by atoms with Crippen LogP contribution >= 0.6 is 11.3 Å². The number of thiazole rings is 1. The molecular weight excluding hydrogens is 282 g/mol. The van der Waals surface area contributed by atoms with Gasteiger partial charge in [0.25, 0.3) is 0 Å². The van der Waals surface area contributed by atoms with Gasteiger partial charge in [-0.1, -0.05) is 17.7 Å². The summed E-state index contributed by atoms with van der Waals surface area (Å²) in [4.78, 5) is 6.96. The van der Waals surface area contributed by atoms with Crippen molar-refractivity contribution in [3.63, 3.8) is 0 Å². The average Bonchev–Trinajstić information content (AvgIpc) is 2.95. The molecule has 0 saturated carbocycles. The maximum Gasteiger partial charge on any atom is 0.190 e. The van der Waals surface area contributed by atoms with Crippen molar-refractivity contribution in [2.75, 3.05) is 31.7 Å². The van der Waals surface area contributed by atoms with Crippen LogP contribution in [0.2, 0.25) is 0 Å². The molecule has 0 aliphatic heterocycles. The fraction of sp³-hybridized carbons (Fsp3) is 0.438. The Balaban J connectivity index is 2.02. The number of hydrogen-bond acceptors (Lipinski definition) is 5. The maximum atomic E-state index is 5.02. The highest BCUT2D eigenvalue weighted by atomic mass is 32.1. The summed E-state index contributed by atoms with van der Waals surface area (Å²) in [5.41, 5.74) is 3.55. The van der Waals surface area contributed by atoms with Gasteiger partial charge in [0.2, 0.25) is 0 Å². The largest absolute Gasteiger partial charge is 0.383 e. The van der Waals surface area contributed by atoms with Gasteiger partial charge >= 0.3 is 0 Å². The van der Waals surface area contributed by atoms with E-state index in [2.05, 4.69) is 53.7 Å². The lowest BCUT2D eigenvalue weighted by molar-refractivity contribution is 0.199. The van der Waals surface area contributed by atoms with E-state index in [-0.39, 0.29) is 0 Å². The summed E-state index contributed by atoms with van der Waals surface area (Å²) < 4.78 is 5.02. The molecule has 0 amide bonds. The van der Waals surface area contributed by atoms with Gasteiger partial charge in [-0.05, 0) is 26.0 Å². The first-order valence-corrected chi connectivity index (χ1v) is 8.10. The van der Waals surface area contributed by atoms with Crippen LogP contribution in [-0.4, -0.2) is 31.8 Å². The highest BCUT2D eigenvalue weighted by Crippen LogP contribution is 2.28. The second kappa shape index (κ2) is 8.12. The summed E-state index contributed by atoms with van der Waals surface area (Å²) in [7, 11) is 1.71. The zero-order valence-electron chi connectivity index (χ0n) is 12.9. The Bertz CT molecular complexity index is 539. The molecule has 0 aliphatic carbocycles. The lowest BCUT2D eigenvalue weighted by atomic mass is 10.2. The number of anilines is 2. The first kappa shape index (κ1) is 15.9. The summed E-state index contributed by atoms with van der Waals surface area (Å²) in [5, 5.41) is 6.48. The summed E-state index contributed by atoms with van der Waals surface area (Å²) in [6, 6.07) is 8.57. The van der Waals surface area contributed by atoms with E-state index >= 15 is 0 Å². The Hall–Kier alpha value is -1.43. The van der Waals surface area contributed by atoms with E-state index in [1.165, 1.54) is 11.3 Å². The quantitative estimate of drug-likeness (QED) is 0.759. The molecule has 21 heavy (non-hydrogen) atoms. The van der Waals surface area contributed by atoms with Crippen LogP contribution in [0.15, 0.2) is 29.6 Å². The molecule has 1 aromatic heterocycles. The van der Waals surface area contributed by atoms with Crippen LogP contribution in [0.25, 0.3) is 0 Å². The van der Waals surface area contributed by atoms with Crippen LogP contribution in [0.3, 0.4) is 0 Å². The lowest BCUT2D eigenvalue weighted by Gasteiger charge is -2.20. The molecule has 0 atom stereocenters. The zero-order chi connectivity index (χ0) is 15.1. The van der Waals surface area contributed by atoms with E-state index in [0.29, 0.717) is 0 Å². The van der Waals surface area contributed by atoms with E-state index in [0.717, 1.165) is 37.1 Å². The van der Waals surface area contributed by atoms with Crippen LogP contribution < -0.4 is 10.2 Å². The van der Waals surface area contributed by atoms with E-state index in [9.17, 15) is 0 Å². The highest BCUT2D eigenvalue weighted by Gasteiger charge is 2.11. The van der Waals surface area contributed by atoms with Gasteiger partial charge in [-0.2, -0.15) is 0 Å². The van der Waals surface area contributed by atoms with Gasteiger partial charge in [-0.25, -0.2) is 4.98 Å². The predicted octanol–water partition coefficient (Wildman–Crippen LogP) is 3.35. The molecule has 1 aromatic carbocycles. The SMILES string of the molecule is CCN(c1ccc(C)cc1)c1nc(CNCCOC)cs1. The van der Waals surface area contributed by atoms with Gasteiger partial charge in [-0.15, -0.1) is 11.3 Å². The molecule has 0 unspecified atom stereocenters. The van der Waals surface area contributed by atoms with Crippen molar-refractivity contribution in [2.24, 2.45) is 0 Å². The fourth-order valence-corrected chi connectivity index (χ4v) is 2.95. The van der Waals surface area contributed by atoms with Crippen LogP contribution in [0.5, 0.6) is 0 Å². The number of methoxy groups -OCH3 is 1. The Morgan fingerprint density at radius 2 is 2.05 bits per heavy atom. The van der Waals surface area contributed by atoms with Crippen LogP contribution in [0.4, 0.5) is 10.8 Å². The Morgan fingerprint density at radius 3 is 2.71 bits per heavy atom. The molecule has 114 valence electrons. The van der Waals surface area contributed by atoms with E-state index in [4.69, 9.17) is 9.72 Å². The standard InChI is InChI=1S/C16H23N3OS/c1-4-19(15-7-5-13(2)6-8-15)16-18-14(12-21-16)11-17-9-10-20-3/h5-8,12,17H,4,9-11H2,1-3H3. The minimum Gasteiger partial charge on any atom is -0.383 e. The second-order valence-corrected chi connectivity index (χ2v) is 5.71. The van der Waals surface area contributed by atoms with Crippen molar-refractivity contribution in [2.45, 2.75) is 20.4 Å². The third kappa shape index (κ3) is 4.52. The van der Waals surface area contributed by atoms with Crippen molar-refractivity contribution in [1.82, 2.24) is 10.3 Å². The van der Waals surface area contributed by atoms with Gasteiger partial charge in [0.15, 0.2) is 5.13 Å². The number of nitrogens with zero attached hydrogens (tertiary/aromatic N) is 2. The number of rotatable bonds is 8. The number of hydrogen-bond donors (Lipinski definition) is 1. The van der Waals surface area contributed by atoms with Crippen LogP contribution in [0, 0.1) is 6.92 Å². The molecule has 0 bridgehead atoms. The summed E-state index contributed by atoms with van der Waals surface area (Å²) in [6.07, 6.45) is 0. The van der Waals surface area contributed by atoms with E-state index < -0.39 is 0 Å². The molecule has 2 rings (SSSR count). The Labute approximate surface area is 130 Å². The van der Waals surface area contributed by atoms with Gasteiger partial charge in [0.05, 0.1) is 12.3 Å². The third-order valence-corrected chi connectivity index (χ3v) is 4.13. The molecule has 0 aliphatic rings. The molecule has 0 fully saturated rings. The molecule has 2 aromatic rings. The maximum absolute atomic E-state index is 5.02. The molecule has 4 nitrogen and oxygen atoms in total. The molecule has 5 heteroatoms. The zero-order valence-corrected chi connectivity index (χ0v) is 13.7. The monoisotopic (exact) mass is 305 g/mol. The van der Waals surface area contributed by atoms with Gasteiger partial charge in [0.1, 0.15) is 0 Å². The summed E-state index contributed by atoms with van der Waals surface area (Å²) in [5.74, 6) is 0. The minimum absolute atomic E-state index is 0.724. The second-order valence-electron chi connectivity index (χ2n) is 4.87. The van der Waals surface area contributed by atoms with Crippen molar-refractivity contribution >= 4 is 22.2 Å². The van der Waals surface area contributed by atoms with Crippen molar-refractivity contribution < 1.29 is 4.74 Å². The molecule has 1 heterocycles. The van der Waals surface area contributed by atoms with Crippen molar-refractivity contribution in [3.8, 4) is 0 Å². The molecule has 1 N–H and O–H groups in total. The summed E-state index contributed by atoms with van der Waals surface area (Å²) >= 11 is 1.69. The Kier molecular flexibility index (Phi) is 6.17. The van der Waals surface area contributed by atoms with Gasteiger partial charge in [0, 0.05) is 37.8 Å². The first-order valence-electron chi connectivity index (χ1n) is 7.23. The molecule has 0 radical (unpaired) electrons. The molecule has 0 spiro atoms. The smallest absolute Gasteiger partial charge is 0.190 e. The number of nitrogens with one attached hydrogen (secondary N) is 1. The summed E-state index contributed by atoms with van der Waals surface area (Å²) in [6.45, 7) is 7.52. The van der Waals surface area contributed by atoms with Crippen LogP contribution in [0.1, 0.15) is 18.2 Å². The normalized spacial score (nSPS) is 10.8. The Morgan fingerprint density at radius 1 is 1.29 bits per heavy atom. The predicted molar refractivity (Wildman–Crippen MR) is 89.6 cm³/mol.